The maximum absolute atomic E-state index is 12.2. The average Bonchev–Trinajstić information content (AvgIpc) is 2.59. The second-order valence-corrected chi connectivity index (χ2v) is 6.42. The highest BCUT2D eigenvalue weighted by atomic mass is 16.1. The summed E-state index contributed by atoms with van der Waals surface area (Å²) in [6, 6.07) is 12.2. The van der Waals surface area contributed by atoms with E-state index in [1.165, 1.54) is 5.56 Å². The summed E-state index contributed by atoms with van der Waals surface area (Å²) >= 11 is 0. The molecule has 1 aromatic carbocycles. The number of carbonyl (C=O) groups excluding carboxylic acids is 1. The van der Waals surface area contributed by atoms with Gasteiger partial charge < -0.3 is 10.6 Å². The predicted molar refractivity (Wildman–Crippen MR) is 99.3 cm³/mol. The summed E-state index contributed by atoms with van der Waals surface area (Å²) in [5.74, 6) is 0.588. The molecule has 4 nitrogen and oxygen atoms in total. The molecule has 0 bridgehead atoms. The van der Waals surface area contributed by atoms with Gasteiger partial charge in [-0.3, -0.25) is 9.78 Å². The molecule has 0 spiro atoms. The fourth-order valence-corrected chi connectivity index (χ4v) is 2.41. The van der Waals surface area contributed by atoms with E-state index in [2.05, 4.69) is 41.6 Å². The second kappa shape index (κ2) is 9.71. The number of rotatable bonds is 9. The van der Waals surface area contributed by atoms with Crippen molar-refractivity contribution in [2.24, 2.45) is 5.92 Å². The van der Waals surface area contributed by atoms with Gasteiger partial charge in [0.1, 0.15) is 0 Å². The number of hydrogen-bond acceptors (Lipinski definition) is 3. The number of nitrogens with zero attached hydrogens (tertiary/aromatic N) is 1. The van der Waals surface area contributed by atoms with Crippen LogP contribution >= 0.6 is 0 Å². The summed E-state index contributed by atoms with van der Waals surface area (Å²) in [5, 5.41) is 6.28. The summed E-state index contributed by atoms with van der Waals surface area (Å²) in [5.41, 5.74) is 2.79. The van der Waals surface area contributed by atoms with Crippen LogP contribution < -0.4 is 10.6 Å². The Bertz CT molecular complexity index is 626. The summed E-state index contributed by atoms with van der Waals surface area (Å²) in [6.07, 6.45) is 6.36. The van der Waals surface area contributed by atoms with Crippen LogP contribution in [0.25, 0.3) is 0 Å². The van der Waals surface area contributed by atoms with E-state index in [0.29, 0.717) is 18.0 Å². The molecule has 2 aromatic rings. The molecular formula is C20H27N3O. The van der Waals surface area contributed by atoms with Crippen LogP contribution in [0.2, 0.25) is 0 Å². The van der Waals surface area contributed by atoms with Crippen LogP contribution in [0.5, 0.6) is 0 Å². The number of pyridine rings is 1. The molecule has 0 radical (unpaired) electrons. The Morgan fingerprint density at radius 1 is 1.12 bits per heavy atom. The van der Waals surface area contributed by atoms with Gasteiger partial charge in [0.15, 0.2) is 0 Å². The molecule has 4 heteroatoms. The summed E-state index contributed by atoms with van der Waals surface area (Å²) in [4.78, 5) is 16.4. The van der Waals surface area contributed by atoms with Gasteiger partial charge in [-0.1, -0.05) is 44.2 Å². The van der Waals surface area contributed by atoms with Crippen LogP contribution in [0.3, 0.4) is 0 Å². The van der Waals surface area contributed by atoms with Gasteiger partial charge in [0.25, 0.3) is 5.91 Å². The van der Waals surface area contributed by atoms with Gasteiger partial charge in [0, 0.05) is 25.5 Å². The monoisotopic (exact) mass is 325 g/mol. The van der Waals surface area contributed by atoms with Crippen LogP contribution in [0, 0.1) is 5.92 Å². The number of hydrogen-bond donors (Lipinski definition) is 2. The molecule has 2 N–H and O–H groups in total. The molecule has 0 aliphatic carbocycles. The molecule has 0 fully saturated rings. The van der Waals surface area contributed by atoms with Crippen molar-refractivity contribution in [3.63, 3.8) is 0 Å². The van der Waals surface area contributed by atoms with E-state index in [9.17, 15) is 4.79 Å². The Kier molecular flexibility index (Phi) is 7.27. The number of carbonyl (C=O) groups is 1. The minimum Gasteiger partial charge on any atom is -0.384 e. The highest BCUT2D eigenvalue weighted by Crippen LogP contribution is 2.10. The van der Waals surface area contributed by atoms with Crippen LogP contribution in [0.15, 0.2) is 48.8 Å². The van der Waals surface area contributed by atoms with Crippen molar-refractivity contribution in [3.8, 4) is 0 Å². The van der Waals surface area contributed by atoms with E-state index < -0.39 is 0 Å². The van der Waals surface area contributed by atoms with Crippen LogP contribution in [0.1, 0.15) is 42.6 Å². The van der Waals surface area contributed by atoms with Gasteiger partial charge in [0.2, 0.25) is 0 Å². The van der Waals surface area contributed by atoms with E-state index in [1.807, 2.05) is 24.3 Å². The molecule has 1 heterocycles. The SMILES string of the molecule is CC(C)CCNc1cncc(C(=O)NCCCc2ccccc2)c1. The first-order valence-electron chi connectivity index (χ1n) is 8.66. The molecule has 0 unspecified atom stereocenters. The normalized spacial score (nSPS) is 10.6. The Morgan fingerprint density at radius 2 is 1.92 bits per heavy atom. The van der Waals surface area contributed by atoms with E-state index in [1.54, 1.807) is 12.4 Å². The van der Waals surface area contributed by atoms with Gasteiger partial charge >= 0.3 is 0 Å². The average molecular weight is 325 g/mol. The van der Waals surface area contributed by atoms with Gasteiger partial charge in [-0.15, -0.1) is 0 Å². The first kappa shape index (κ1) is 18.0. The lowest BCUT2D eigenvalue weighted by atomic mass is 10.1. The second-order valence-electron chi connectivity index (χ2n) is 6.42. The van der Waals surface area contributed by atoms with Crippen LogP contribution in [-0.4, -0.2) is 24.0 Å². The first-order valence-corrected chi connectivity index (χ1v) is 8.66. The lowest BCUT2D eigenvalue weighted by molar-refractivity contribution is 0.0953. The smallest absolute Gasteiger partial charge is 0.252 e. The van der Waals surface area contributed by atoms with Gasteiger partial charge in [-0.2, -0.15) is 0 Å². The third-order valence-electron chi connectivity index (χ3n) is 3.82. The van der Waals surface area contributed by atoms with E-state index in [0.717, 1.165) is 31.5 Å². The summed E-state index contributed by atoms with van der Waals surface area (Å²) in [6.45, 7) is 5.94. The topological polar surface area (TPSA) is 54.0 Å². The molecule has 1 aromatic heterocycles. The van der Waals surface area contributed by atoms with Crippen LogP contribution in [-0.2, 0) is 6.42 Å². The highest BCUT2D eigenvalue weighted by molar-refractivity contribution is 5.94. The van der Waals surface area contributed by atoms with E-state index in [4.69, 9.17) is 0 Å². The maximum Gasteiger partial charge on any atom is 0.252 e. The predicted octanol–water partition coefficient (Wildman–Crippen LogP) is 3.90. The van der Waals surface area contributed by atoms with Crippen molar-refractivity contribution in [2.75, 3.05) is 18.4 Å². The van der Waals surface area contributed by atoms with E-state index in [-0.39, 0.29) is 5.91 Å². The summed E-state index contributed by atoms with van der Waals surface area (Å²) < 4.78 is 0. The minimum absolute atomic E-state index is 0.0666. The molecule has 0 saturated heterocycles. The lowest BCUT2D eigenvalue weighted by Gasteiger charge is -2.10. The molecular weight excluding hydrogens is 298 g/mol. The zero-order valence-corrected chi connectivity index (χ0v) is 14.6. The van der Waals surface area contributed by atoms with Crippen LogP contribution in [0.4, 0.5) is 5.69 Å². The molecule has 2 rings (SSSR count). The number of aromatic nitrogens is 1. The zero-order valence-electron chi connectivity index (χ0n) is 14.6. The Hall–Kier alpha value is -2.36. The Labute approximate surface area is 144 Å². The fraction of sp³-hybridized carbons (Fsp3) is 0.400. The molecule has 24 heavy (non-hydrogen) atoms. The third kappa shape index (κ3) is 6.41. The molecule has 0 saturated carbocycles. The molecule has 0 atom stereocenters. The number of amides is 1. The quantitative estimate of drug-likeness (QED) is 0.688. The Balaban J connectivity index is 1.75. The minimum atomic E-state index is -0.0666. The van der Waals surface area contributed by atoms with E-state index >= 15 is 0 Å². The number of anilines is 1. The lowest BCUT2D eigenvalue weighted by Crippen LogP contribution is -2.25. The zero-order chi connectivity index (χ0) is 17.2. The van der Waals surface area contributed by atoms with Gasteiger partial charge in [-0.05, 0) is 36.8 Å². The number of nitrogens with one attached hydrogen (secondary N) is 2. The molecule has 128 valence electrons. The maximum atomic E-state index is 12.2. The molecule has 0 aliphatic heterocycles. The largest absolute Gasteiger partial charge is 0.384 e. The molecule has 0 aliphatic rings. The van der Waals surface area contributed by atoms with Crippen molar-refractivity contribution in [1.29, 1.82) is 0 Å². The first-order chi connectivity index (χ1) is 11.6. The number of aryl methyl sites for hydroxylation is 1. The van der Waals surface area contributed by atoms with Crippen molar-refractivity contribution in [3.05, 3.63) is 59.9 Å². The van der Waals surface area contributed by atoms with Crippen molar-refractivity contribution in [1.82, 2.24) is 10.3 Å². The van der Waals surface area contributed by atoms with Gasteiger partial charge in [-0.25, -0.2) is 0 Å². The molecule has 1 amide bonds. The van der Waals surface area contributed by atoms with Gasteiger partial charge in [0.05, 0.1) is 11.3 Å². The highest BCUT2D eigenvalue weighted by Gasteiger charge is 2.06. The fourth-order valence-electron chi connectivity index (χ4n) is 2.41. The third-order valence-corrected chi connectivity index (χ3v) is 3.82. The standard InChI is InChI=1S/C20H27N3O/c1-16(2)10-12-22-19-13-18(14-21-15-19)20(24)23-11-6-9-17-7-4-3-5-8-17/h3-5,7-8,13-16,22H,6,9-12H2,1-2H3,(H,23,24). The summed E-state index contributed by atoms with van der Waals surface area (Å²) in [7, 11) is 0. The Morgan fingerprint density at radius 3 is 2.67 bits per heavy atom. The van der Waals surface area contributed by atoms with Crippen molar-refractivity contribution in [2.45, 2.75) is 33.1 Å². The van der Waals surface area contributed by atoms with Crippen molar-refractivity contribution >= 4 is 11.6 Å². The number of benzene rings is 1. The van der Waals surface area contributed by atoms with Crippen molar-refractivity contribution < 1.29 is 4.79 Å².